The van der Waals surface area contributed by atoms with Crippen molar-refractivity contribution in [2.24, 2.45) is 28.6 Å². The van der Waals surface area contributed by atoms with E-state index in [1.165, 1.54) is 18.4 Å². The SMILES string of the molecule is CC1=CCCC2(C)C(CCC2(O)CN(CC2CCC3CC2C3(C)C)C(=O)NC(C)C)c2ccc(cc2C(=O)c2ccccc2)CC(O)CC1. The third kappa shape index (κ3) is 7.02. The molecule has 2 amide bonds. The van der Waals surface area contributed by atoms with Crippen molar-refractivity contribution in [1.29, 1.82) is 0 Å². The maximum absolute atomic E-state index is 14.3. The number of nitrogens with zero attached hydrogens (tertiary/aromatic N) is 1. The molecule has 49 heavy (non-hydrogen) atoms. The number of aliphatic hydroxyl groups is 2. The Morgan fingerprint density at radius 3 is 2.45 bits per heavy atom. The highest BCUT2D eigenvalue weighted by molar-refractivity contribution is 6.10. The predicted molar refractivity (Wildman–Crippen MR) is 197 cm³/mol. The van der Waals surface area contributed by atoms with Crippen LogP contribution in [0.25, 0.3) is 0 Å². The largest absolute Gasteiger partial charge is 0.393 e. The number of carbonyl (C=O) groups is 2. The Bertz CT molecular complexity index is 1550. The van der Waals surface area contributed by atoms with Gasteiger partial charge in [0, 0.05) is 29.1 Å². The van der Waals surface area contributed by atoms with Crippen LogP contribution >= 0.6 is 0 Å². The van der Waals surface area contributed by atoms with E-state index >= 15 is 0 Å². The molecular weight excluding hydrogens is 608 g/mol. The lowest BCUT2D eigenvalue weighted by Gasteiger charge is -2.60. The molecule has 4 bridgehead atoms. The van der Waals surface area contributed by atoms with E-state index in [0.717, 1.165) is 49.1 Å². The number of ketones is 1. The van der Waals surface area contributed by atoms with E-state index in [-0.39, 0.29) is 30.3 Å². The van der Waals surface area contributed by atoms with Gasteiger partial charge in [-0.2, -0.15) is 0 Å². The summed E-state index contributed by atoms with van der Waals surface area (Å²) in [6.45, 7) is 14.1. The first-order valence-corrected chi connectivity index (χ1v) is 19.1. The van der Waals surface area contributed by atoms with E-state index in [0.29, 0.717) is 54.2 Å². The van der Waals surface area contributed by atoms with Gasteiger partial charge in [-0.15, -0.1) is 0 Å². The lowest BCUT2D eigenvalue weighted by atomic mass is 9.45. The molecule has 0 spiro atoms. The Kier molecular flexibility index (Phi) is 10.2. The predicted octanol–water partition coefficient (Wildman–Crippen LogP) is 8.45. The van der Waals surface area contributed by atoms with Crippen LogP contribution in [0.5, 0.6) is 0 Å². The normalized spacial score (nSPS) is 32.4. The van der Waals surface area contributed by atoms with Gasteiger partial charge in [-0.3, -0.25) is 4.79 Å². The zero-order valence-electron chi connectivity index (χ0n) is 30.8. The van der Waals surface area contributed by atoms with Crippen LogP contribution in [-0.2, 0) is 6.42 Å². The van der Waals surface area contributed by atoms with Crippen LogP contribution in [0.4, 0.5) is 4.79 Å². The highest BCUT2D eigenvalue weighted by Gasteiger charge is 2.59. The summed E-state index contributed by atoms with van der Waals surface area (Å²) in [4.78, 5) is 30.2. The second-order valence-corrected chi connectivity index (χ2v) is 17.3. The van der Waals surface area contributed by atoms with Crippen molar-refractivity contribution < 1.29 is 19.8 Å². The molecule has 7 unspecified atom stereocenters. The Hall–Kier alpha value is -2.96. The number of hydrogen-bond donors (Lipinski definition) is 3. The summed E-state index contributed by atoms with van der Waals surface area (Å²) in [6.07, 6.45) is 10.2. The van der Waals surface area contributed by atoms with E-state index in [1.54, 1.807) is 0 Å². The van der Waals surface area contributed by atoms with Crippen molar-refractivity contribution in [2.45, 2.75) is 129 Å². The van der Waals surface area contributed by atoms with Crippen molar-refractivity contribution in [3.05, 3.63) is 82.4 Å². The van der Waals surface area contributed by atoms with Gasteiger partial charge in [0.05, 0.1) is 18.2 Å². The highest BCUT2D eigenvalue weighted by atomic mass is 16.3. The molecule has 6 aliphatic rings. The molecule has 0 aliphatic heterocycles. The van der Waals surface area contributed by atoms with Gasteiger partial charge in [0.2, 0.25) is 0 Å². The summed E-state index contributed by atoms with van der Waals surface area (Å²) in [5.74, 6) is 1.72. The second kappa shape index (κ2) is 14.0. The second-order valence-electron chi connectivity index (χ2n) is 17.3. The van der Waals surface area contributed by atoms with Crippen molar-refractivity contribution in [2.75, 3.05) is 13.1 Å². The molecule has 6 aliphatic carbocycles. The minimum absolute atomic E-state index is 0.00139. The Balaban J connectivity index is 1.39. The molecule has 6 heteroatoms. The minimum atomic E-state index is -1.14. The molecule has 4 fully saturated rings. The Morgan fingerprint density at radius 1 is 1.00 bits per heavy atom. The Labute approximate surface area is 294 Å². The molecule has 0 aromatic heterocycles. The fourth-order valence-corrected chi connectivity index (χ4v) is 10.3. The van der Waals surface area contributed by atoms with Crippen LogP contribution in [0.3, 0.4) is 0 Å². The standard InChI is InChI=1S/C43H60N2O4/c1-28(2)44-40(48)45(26-32-16-17-33-25-38(32)41(33,4)5)27-43(49)22-20-37-35-19-15-30(24-36(35)39(47)31-12-8-7-9-13-31)23-34(46)18-14-29(3)11-10-21-42(37,43)6/h7-9,11-13,15,19,24,28,32-34,37-38,46,49H,10,14,16-18,20-23,25-27H2,1-6H3,(H,44,48). The Morgan fingerprint density at radius 2 is 1.76 bits per heavy atom. The van der Waals surface area contributed by atoms with Gasteiger partial charge in [-0.05, 0) is 131 Å². The van der Waals surface area contributed by atoms with Crippen molar-refractivity contribution >= 4 is 11.8 Å². The summed E-state index contributed by atoms with van der Waals surface area (Å²) < 4.78 is 0. The fourth-order valence-electron chi connectivity index (χ4n) is 10.3. The summed E-state index contributed by atoms with van der Waals surface area (Å²) >= 11 is 0. The number of hydrogen-bond acceptors (Lipinski definition) is 4. The highest BCUT2D eigenvalue weighted by Crippen LogP contribution is 2.62. The summed E-state index contributed by atoms with van der Waals surface area (Å²) in [5.41, 5.74) is 3.06. The van der Waals surface area contributed by atoms with Gasteiger partial charge in [-0.25, -0.2) is 4.79 Å². The van der Waals surface area contributed by atoms with Crippen molar-refractivity contribution in [3.63, 3.8) is 0 Å². The molecule has 7 atom stereocenters. The van der Waals surface area contributed by atoms with E-state index in [2.05, 4.69) is 51.2 Å². The van der Waals surface area contributed by atoms with Gasteiger partial charge in [0.1, 0.15) is 0 Å². The zero-order chi connectivity index (χ0) is 35.1. The van der Waals surface area contributed by atoms with Crippen LogP contribution in [-0.4, -0.2) is 57.8 Å². The van der Waals surface area contributed by atoms with Gasteiger partial charge in [0.25, 0.3) is 0 Å². The van der Waals surface area contributed by atoms with Gasteiger partial charge in [-0.1, -0.05) is 74.9 Å². The van der Waals surface area contributed by atoms with E-state index in [4.69, 9.17) is 0 Å². The van der Waals surface area contributed by atoms with Gasteiger partial charge >= 0.3 is 6.03 Å². The van der Waals surface area contributed by atoms with E-state index in [9.17, 15) is 19.8 Å². The van der Waals surface area contributed by atoms with Crippen molar-refractivity contribution in [3.8, 4) is 0 Å². The number of carbonyl (C=O) groups excluding carboxylic acids is 2. The lowest BCUT2D eigenvalue weighted by Crippen LogP contribution is -2.59. The molecular formula is C43H60N2O4. The number of nitrogens with one attached hydrogen (secondary N) is 1. The monoisotopic (exact) mass is 668 g/mol. The van der Waals surface area contributed by atoms with Gasteiger partial charge in [0.15, 0.2) is 5.78 Å². The molecule has 2 aromatic carbocycles. The van der Waals surface area contributed by atoms with Crippen LogP contribution in [0.1, 0.15) is 132 Å². The number of allylic oxidation sites excluding steroid dienone is 2. The third-order valence-electron chi connectivity index (χ3n) is 13.6. The molecule has 6 nitrogen and oxygen atoms in total. The summed E-state index contributed by atoms with van der Waals surface area (Å²) in [7, 11) is 0. The quantitative estimate of drug-likeness (QED) is 0.204. The van der Waals surface area contributed by atoms with Crippen LogP contribution in [0.15, 0.2) is 60.2 Å². The lowest BCUT2D eigenvalue weighted by molar-refractivity contribution is -0.117. The summed E-state index contributed by atoms with van der Waals surface area (Å²) in [6, 6.07) is 15.5. The molecule has 4 saturated carbocycles. The molecule has 266 valence electrons. The van der Waals surface area contributed by atoms with Crippen molar-refractivity contribution in [1.82, 2.24) is 10.2 Å². The maximum atomic E-state index is 14.3. The molecule has 8 rings (SSSR count). The molecule has 3 N–H and O–H groups in total. The first-order valence-electron chi connectivity index (χ1n) is 19.1. The number of amides is 2. The first-order chi connectivity index (χ1) is 23.2. The topological polar surface area (TPSA) is 89.9 Å². The smallest absolute Gasteiger partial charge is 0.317 e. The van der Waals surface area contributed by atoms with E-state index < -0.39 is 17.1 Å². The maximum Gasteiger partial charge on any atom is 0.317 e. The number of fused-ring (bicyclic) bond motifs is 10. The molecule has 0 saturated heterocycles. The number of rotatable bonds is 7. The number of urea groups is 1. The van der Waals surface area contributed by atoms with Crippen LogP contribution in [0.2, 0.25) is 0 Å². The molecule has 0 heterocycles. The average Bonchev–Trinajstić information content (AvgIpc) is 3.31. The minimum Gasteiger partial charge on any atom is -0.393 e. The summed E-state index contributed by atoms with van der Waals surface area (Å²) in [5, 5.41) is 27.2. The van der Waals surface area contributed by atoms with Gasteiger partial charge < -0.3 is 20.4 Å². The van der Waals surface area contributed by atoms with Crippen LogP contribution < -0.4 is 5.32 Å². The van der Waals surface area contributed by atoms with Crippen LogP contribution in [0, 0.1) is 28.6 Å². The average molecular weight is 669 g/mol. The fraction of sp³-hybridized carbons (Fsp3) is 0.628. The van der Waals surface area contributed by atoms with E-state index in [1.807, 2.05) is 55.1 Å². The number of benzene rings is 2. The molecule has 2 aromatic rings. The third-order valence-corrected chi connectivity index (χ3v) is 13.6. The first kappa shape index (κ1) is 35.9. The number of aliphatic hydroxyl groups excluding tert-OH is 1. The molecule has 0 radical (unpaired) electrons. The zero-order valence-corrected chi connectivity index (χ0v) is 30.8.